The van der Waals surface area contributed by atoms with Gasteiger partial charge in [0.25, 0.3) is 0 Å². The number of rotatable bonds is 0. The minimum atomic E-state index is -0.0689. The van der Waals surface area contributed by atoms with Crippen molar-refractivity contribution in [1.29, 1.82) is 0 Å². The smallest absolute Gasteiger partial charge is 0.127 e. The first-order chi connectivity index (χ1) is 6.52. The molecule has 0 saturated carbocycles. The van der Waals surface area contributed by atoms with Crippen molar-refractivity contribution < 1.29 is 14.9 Å². The van der Waals surface area contributed by atoms with Crippen LogP contribution in [0.15, 0.2) is 0 Å². The van der Waals surface area contributed by atoms with Crippen LogP contribution in [-0.2, 0) is 0 Å². The van der Waals surface area contributed by atoms with Crippen molar-refractivity contribution >= 4 is 0 Å². The Morgan fingerprint density at radius 2 is 1.29 bits per heavy atom. The second kappa shape index (κ2) is 2.52. The summed E-state index contributed by atoms with van der Waals surface area (Å²) >= 11 is 0. The molecule has 4 aliphatic rings. The molecule has 4 saturated heterocycles. The highest BCUT2D eigenvalue weighted by Gasteiger charge is 2.62. The third-order valence-electron chi connectivity index (χ3n) is 4.77. The van der Waals surface area contributed by atoms with Gasteiger partial charge in [-0.15, -0.1) is 0 Å². The largest absolute Gasteiger partial charge is 0.391 e. The number of hydrogen-bond donors (Lipinski definition) is 3. The van der Waals surface area contributed by atoms with Gasteiger partial charge in [-0.3, -0.25) is 0 Å². The van der Waals surface area contributed by atoms with Crippen LogP contribution in [0.4, 0.5) is 0 Å². The number of aliphatic hydroxyl groups is 1. The summed E-state index contributed by atoms with van der Waals surface area (Å²) < 4.78 is 0. The Kier molecular flexibility index (Phi) is 1.64. The molecule has 80 valence electrons. The van der Waals surface area contributed by atoms with Crippen LogP contribution >= 0.6 is 0 Å². The van der Waals surface area contributed by atoms with E-state index in [1.54, 1.807) is 9.80 Å². The highest BCUT2D eigenvalue weighted by Crippen LogP contribution is 2.37. The number of aliphatic hydroxyl groups excluding tert-OH is 1. The molecule has 3 nitrogen and oxygen atoms in total. The molecule has 0 radical (unpaired) electrons. The Balaban J connectivity index is 2.05. The second-order valence-corrected chi connectivity index (χ2v) is 6.42. The fraction of sp³-hybridized carbons (Fsp3) is 1.00. The molecule has 0 aromatic rings. The first kappa shape index (κ1) is 9.13. The second-order valence-electron chi connectivity index (χ2n) is 6.42. The van der Waals surface area contributed by atoms with Crippen LogP contribution < -0.4 is 9.80 Å². The number of hydrogen-bond acceptors (Lipinski definition) is 1. The fourth-order valence-corrected chi connectivity index (χ4v) is 4.47. The minimum absolute atomic E-state index is 0.0689. The molecule has 14 heavy (non-hydrogen) atoms. The van der Waals surface area contributed by atoms with Crippen LogP contribution in [0, 0.1) is 10.8 Å². The van der Waals surface area contributed by atoms with Gasteiger partial charge in [-0.2, -0.15) is 0 Å². The molecular weight excluding hydrogens is 176 g/mol. The molecule has 3 heteroatoms. The van der Waals surface area contributed by atoms with Crippen LogP contribution in [0.25, 0.3) is 0 Å². The molecule has 0 atom stereocenters. The highest BCUT2D eigenvalue weighted by molar-refractivity contribution is 4.99. The molecule has 4 bridgehead atoms. The van der Waals surface area contributed by atoms with Gasteiger partial charge in [0, 0.05) is 0 Å². The summed E-state index contributed by atoms with van der Waals surface area (Å²) in [5.41, 5.74) is 0.374. The zero-order valence-electron chi connectivity index (χ0n) is 9.27. The summed E-state index contributed by atoms with van der Waals surface area (Å²) in [4.78, 5) is 3.46. The Morgan fingerprint density at radius 3 is 1.64 bits per heavy atom. The van der Waals surface area contributed by atoms with Crippen LogP contribution in [0.2, 0.25) is 0 Å². The molecule has 0 aromatic heterocycles. The summed E-state index contributed by atoms with van der Waals surface area (Å²) in [5.74, 6) is 0. The number of piperidine rings is 2. The lowest BCUT2D eigenvalue weighted by Gasteiger charge is -2.52. The average Bonchev–Trinajstić information content (AvgIpc) is 2.28. The van der Waals surface area contributed by atoms with Gasteiger partial charge in [-0.1, -0.05) is 0 Å². The van der Waals surface area contributed by atoms with Gasteiger partial charge in [0.1, 0.15) is 13.1 Å². The van der Waals surface area contributed by atoms with E-state index in [0.29, 0.717) is 0 Å². The molecule has 3 N–H and O–H groups in total. The molecular formula is C11H22N2O+2. The van der Waals surface area contributed by atoms with Crippen LogP contribution in [0.3, 0.4) is 0 Å². The lowest BCUT2D eigenvalue weighted by Crippen LogP contribution is -3.18. The average molecular weight is 198 g/mol. The van der Waals surface area contributed by atoms with Crippen molar-refractivity contribution in [3.63, 3.8) is 0 Å². The van der Waals surface area contributed by atoms with E-state index in [1.807, 2.05) is 0 Å². The molecule has 4 heterocycles. The van der Waals surface area contributed by atoms with Crippen molar-refractivity contribution in [2.45, 2.75) is 20.0 Å². The Hall–Kier alpha value is -0.120. The first-order valence-corrected chi connectivity index (χ1v) is 5.87. The van der Waals surface area contributed by atoms with Crippen molar-refractivity contribution in [3.8, 4) is 0 Å². The Bertz CT molecular complexity index is 228. The van der Waals surface area contributed by atoms with Gasteiger partial charge in [-0.25, -0.2) is 0 Å². The van der Waals surface area contributed by atoms with Gasteiger partial charge >= 0.3 is 0 Å². The molecule has 4 rings (SSSR count). The summed E-state index contributed by atoms with van der Waals surface area (Å²) in [5, 5.41) is 10.4. The lowest BCUT2D eigenvalue weighted by atomic mass is 9.63. The predicted molar refractivity (Wildman–Crippen MR) is 53.3 cm³/mol. The van der Waals surface area contributed by atoms with E-state index in [1.165, 1.54) is 39.3 Å². The van der Waals surface area contributed by atoms with E-state index in [4.69, 9.17) is 0 Å². The van der Waals surface area contributed by atoms with E-state index in [-0.39, 0.29) is 16.9 Å². The molecule has 0 aromatic carbocycles. The summed E-state index contributed by atoms with van der Waals surface area (Å²) in [6, 6.07) is 0. The van der Waals surface area contributed by atoms with Gasteiger partial charge in [0.05, 0.1) is 43.1 Å². The van der Waals surface area contributed by atoms with Crippen LogP contribution in [-0.4, -0.2) is 50.5 Å². The van der Waals surface area contributed by atoms with Gasteiger partial charge in [0.15, 0.2) is 0 Å². The summed E-state index contributed by atoms with van der Waals surface area (Å²) in [7, 11) is 0. The van der Waals surface area contributed by atoms with E-state index in [9.17, 15) is 5.11 Å². The third-order valence-corrected chi connectivity index (χ3v) is 4.77. The zero-order valence-corrected chi connectivity index (χ0v) is 9.27. The van der Waals surface area contributed by atoms with E-state index < -0.39 is 0 Å². The standard InChI is InChI=1S/C11H20N2O/c1-10-5-12-3-4-13(6-10)8-11(2,7-12)9(10)14/h9,14H,3-8H2,1-2H3/p+2. The quantitative estimate of drug-likeness (QED) is 0.385. The predicted octanol–water partition coefficient (Wildman–Crippen LogP) is -2.83. The topological polar surface area (TPSA) is 29.1 Å². The van der Waals surface area contributed by atoms with Crippen LogP contribution in [0.1, 0.15) is 13.8 Å². The minimum Gasteiger partial charge on any atom is -0.391 e. The van der Waals surface area contributed by atoms with Crippen molar-refractivity contribution in [2.24, 2.45) is 10.8 Å². The molecule has 0 unspecified atom stereocenters. The zero-order chi connectivity index (χ0) is 9.97. The number of quaternary nitrogens is 2. The third kappa shape index (κ3) is 1.03. The molecule has 0 amide bonds. The van der Waals surface area contributed by atoms with E-state index >= 15 is 0 Å². The maximum atomic E-state index is 10.4. The lowest BCUT2D eigenvalue weighted by molar-refractivity contribution is -0.918. The molecule has 0 aliphatic carbocycles. The number of fused-ring (bicyclic) bond motifs is 1. The van der Waals surface area contributed by atoms with E-state index in [0.717, 1.165) is 0 Å². The fourth-order valence-electron chi connectivity index (χ4n) is 4.47. The maximum Gasteiger partial charge on any atom is 0.127 e. The van der Waals surface area contributed by atoms with Crippen molar-refractivity contribution in [1.82, 2.24) is 0 Å². The van der Waals surface area contributed by atoms with Gasteiger partial charge in [-0.05, 0) is 13.8 Å². The monoisotopic (exact) mass is 198 g/mol. The summed E-state index contributed by atoms with van der Waals surface area (Å²) in [6.45, 7) is 12.0. The highest BCUT2D eigenvalue weighted by atomic mass is 16.3. The Morgan fingerprint density at radius 1 is 0.929 bits per heavy atom. The number of nitrogens with one attached hydrogen (secondary N) is 2. The van der Waals surface area contributed by atoms with Gasteiger partial charge < -0.3 is 14.9 Å². The first-order valence-electron chi connectivity index (χ1n) is 5.87. The maximum absolute atomic E-state index is 10.4. The molecule has 0 spiro atoms. The van der Waals surface area contributed by atoms with Crippen molar-refractivity contribution in [2.75, 3.05) is 39.3 Å². The van der Waals surface area contributed by atoms with Crippen molar-refractivity contribution in [3.05, 3.63) is 0 Å². The molecule has 4 fully saturated rings. The normalized spacial score (nSPS) is 61.5. The van der Waals surface area contributed by atoms with Crippen LogP contribution in [0.5, 0.6) is 0 Å². The molecule has 4 aliphatic heterocycles. The Labute approximate surface area is 85.7 Å². The SMILES string of the molecule is CC12C[NH+]3CC[NH+](C1)CC(C)(C3)C2O. The summed E-state index contributed by atoms with van der Waals surface area (Å²) in [6.07, 6.45) is -0.0689. The van der Waals surface area contributed by atoms with E-state index in [2.05, 4.69) is 13.8 Å². The van der Waals surface area contributed by atoms with Gasteiger partial charge in [0.2, 0.25) is 0 Å².